The number of hydrogen-bond donors (Lipinski definition) is 0. The molecular formula is C14H20N2. The van der Waals surface area contributed by atoms with E-state index in [1.54, 1.807) is 0 Å². The first-order valence-electron chi connectivity index (χ1n) is 5.33. The Bertz CT molecular complexity index is 421. The molecule has 0 radical (unpaired) electrons. The molecule has 1 aliphatic heterocycles. The van der Waals surface area contributed by atoms with Gasteiger partial charge in [0.1, 0.15) is 0 Å². The summed E-state index contributed by atoms with van der Waals surface area (Å²) >= 11 is 0. The van der Waals surface area contributed by atoms with E-state index in [2.05, 4.69) is 37.8 Å². The van der Waals surface area contributed by atoms with Crippen molar-refractivity contribution in [3.63, 3.8) is 0 Å². The van der Waals surface area contributed by atoms with Crippen LogP contribution in [-0.2, 0) is 6.42 Å². The van der Waals surface area contributed by atoms with Crippen molar-refractivity contribution >= 4 is 5.69 Å². The summed E-state index contributed by atoms with van der Waals surface area (Å²) < 4.78 is 0. The smallest absolute Gasteiger partial charge is 0.0991 e. The van der Waals surface area contributed by atoms with Gasteiger partial charge in [-0.25, -0.2) is 0 Å². The summed E-state index contributed by atoms with van der Waals surface area (Å²) in [7, 11) is 0. The Morgan fingerprint density at radius 2 is 2.00 bits per heavy atom. The van der Waals surface area contributed by atoms with Gasteiger partial charge >= 0.3 is 0 Å². The van der Waals surface area contributed by atoms with Gasteiger partial charge in [-0.1, -0.05) is 7.43 Å². The lowest BCUT2D eigenvalue weighted by Gasteiger charge is -2.34. The van der Waals surface area contributed by atoms with Crippen molar-refractivity contribution in [2.45, 2.75) is 40.2 Å². The molecule has 0 N–H and O–H groups in total. The van der Waals surface area contributed by atoms with Crippen LogP contribution in [0.1, 0.15) is 39.3 Å². The van der Waals surface area contributed by atoms with Gasteiger partial charge in [0.05, 0.1) is 11.6 Å². The van der Waals surface area contributed by atoms with E-state index in [-0.39, 0.29) is 13.0 Å². The first-order chi connectivity index (χ1) is 7.02. The van der Waals surface area contributed by atoms with Crippen LogP contribution in [-0.4, -0.2) is 12.1 Å². The molecule has 0 bridgehead atoms. The van der Waals surface area contributed by atoms with Gasteiger partial charge < -0.3 is 4.90 Å². The fourth-order valence-corrected chi connectivity index (χ4v) is 2.17. The second-order valence-electron chi connectivity index (χ2n) is 5.03. The summed E-state index contributed by atoms with van der Waals surface area (Å²) in [6.07, 6.45) is 1.06. The average molecular weight is 216 g/mol. The van der Waals surface area contributed by atoms with Crippen molar-refractivity contribution in [1.29, 1.82) is 5.26 Å². The summed E-state index contributed by atoms with van der Waals surface area (Å²) in [4.78, 5) is 2.41. The zero-order valence-corrected chi connectivity index (χ0v) is 9.54. The minimum Gasteiger partial charge on any atom is -0.366 e. The number of hydrogen-bond acceptors (Lipinski definition) is 2. The maximum absolute atomic E-state index is 8.83. The molecule has 0 aliphatic carbocycles. The van der Waals surface area contributed by atoms with Gasteiger partial charge in [-0.3, -0.25) is 0 Å². The lowest BCUT2D eigenvalue weighted by molar-refractivity contribution is 0.518. The third-order valence-corrected chi connectivity index (χ3v) is 2.91. The topological polar surface area (TPSA) is 27.0 Å². The highest BCUT2D eigenvalue weighted by atomic mass is 15.2. The van der Waals surface area contributed by atoms with Gasteiger partial charge in [0.25, 0.3) is 0 Å². The van der Waals surface area contributed by atoms with Crippen molar-refractivity contribution < 1.29 is 0 Å². The van der Waals surface area contributed by atoms with E-state index in [1.165, 1.54) is 11.3 Å². The van der Waals surface area contributed by atoms with Crippen molar-refractivity contribution in [3.05, 3.63) is 29.3 Å². The van der Waals surface area contributed by atoms with Crippen molar-refractivity contribution in [1.82, 2.24) is 0 Å². The monoisotopic (exact) mass is 216 g/mol. The molecule has 0 saturated heterocycles. The quantitative estimate of drug-likeness (QED) is 0.665. The Morgan fingerprint density at radius 3 is 2.56 bits per heavy atom. The summed E-state index contributed by atoms with van der Waals surface area (Å²) in [5.74, 6) is 0. The van der Waals surface area contributed by atoms with E-state index in [4.69, 9.17) is 5.26 Å². The molecule has 1 heterocycles. The molecule has 2 rings (SSSR count). The summed E-state index contributed by atoms with van der Waals surface area (Å²) in [5.41, 5.74) is 3.54. The SMILES string of the molecule is C.CC(C)(C)N1CCc2cc(C#N)ccc21. The Hall–Kier alpha value is -1.49. The molecule has 1 aromatic carbocycles. The third kappa shape index (κ3) is 2.04. The second-order valence-corrected chi connectivity index (χ2v) is 5.03. The van der Waals surface area contributed by atoms with E-state index in [0.29, 0.717) is 0 Å². The predicted molar refractivity (Wildman–Crippen MR) is 68.7 cm³/mol. The molecule has 2 nitrogen and oxygen atoms in total. The van der Waals surface area contributed by atoms with Crippen LogP contribution in [0.25, 0.3) is 0 Å². The van der Waals surface area contributed by atoms with Crippen LogP contribution in [0.4, 0.5) is 5.69 Å². The van der Waals surface area contributed by atoms with Crippen LogP contribution in [0.5, 0.6) is 0 Å². The Morgan fingerprint density at radius 1 is 1.31 bits per heavy atom. The number of nitrogens with zero attached hydrogens (tertiary/aromatic N) is 2. The maximum atomic E-state index is 8.83. The summed E-state index contributed by atoms with van der Waals surface area (Å²) in [6.45, 7) is 7.73. The van der Waals surface area contributed by atoms with Crippen molar-refractivity contribution in [2.75, 3.05) is 11.4 Å². The number of nitriles is 1. The molecule has 0 saturated carbocycles. The molecular weight excluding hydrogens is 196 g/mol. The molecule has 0 spiro atoms. The van der Waals surface area contributed by atoms with E-state index in [1.807, 2.05) is 12.1 Å². The molecule has 86 valence electrons. The number of rotatable bonds is 0. The van der Waals surface area contributed by atoms with E-state index < -0.39 is 0 Å². The van der Waals surface area contributed by atoms with Gasteiger partial charge in [0, 0.05) is 17.8 Å². The predicted octanol–water partition coefficient (Wildman–Crippen LogP) is 3.36. The lowest BCUT2D eigenvalue weighted by atomic mass is 10.1. The second kappa shape index (κ2) is 4.17. The van der Waals surface area contributed by atoms with Crippen molar-refractivity contribution in [2.24, 2.45) is 0 Å². The molecule has 16 heavy (non-hydrogen) atoms. The normalized spacial score (nSPS) is 14.0. The van der Waals surface area contributed by atoms with Crippen LogP contribution < -0.4 is 4.90 Å². The minimum atomic E-state index is 0. The molecule has 0 amide bonds. The number of benzene rings is 1. The van der Waals surface area contributed by atoms with Crippen LogP contribution in [0.3, 0.4) is 0 Å². The summed E-state index contributed by atoms with van der Waals surface area (Å²) in [6, 6.07) is 8.19. The van der Waals surface area contributed by atoms with Gasteiger partial charge in [-0.2, -0.15) is 5.26 Å². The van der Waals surface area contributed by atoms with Crippen LogP contribution in [0.15, 0.2) is 18.2 Å². The highest BCUT2D eigenvalue weighted by Gasteiger charge is 2.28. The zero-order chi connectivity index (χ0) is 11.1. The first kappa shape index (κ1) is 12.6. The Balaban J connectivity index is 0.00000128. The first-order valence-corrected chi connectivity index (χ1v) is 5.33. The molecule has 0 fully saturated rings. The molecule has 0 atom stereocenters. The third-order valence-electron chi connectivity index (χ3n) is 2.91. The van der Waals surface area contributed by atoms with E-state index in [9.17, 15) is 0 Å². The molecule has 2 heteroatoms. The minimum absolute atomic E-state index is 0. The fourth-order valence-electron chi connectivity index (χ4n) is 2.17. The van der Waals surface area contributed by atoms with E-state index >= 15 is 0 Å². The maximum Gasteiger partial charge on any atom is 0.0991 e. The van der Waals surface area contributed by atoms with Gasteiger partial charge in [-0.15, -0.1) is 0 Å². The standard InChI is InChI=1S/C13H16N2.CH4/c1-13(2,3)15-7-6-11-8-10(9-14)4-5-12(11)15;/h4-5,8H,6-7H2,1-3H3;1H4. The van der Waals surface area contributed by atoms with Crippen molar-refractivity contribution in [3.8, 4) is 6.07 Å². The van der Waals surface area contributed by atoms with Gasteiger partial charge in [0.15, 0.2) is 0 Å². The van der Waals surface area contributed by atoms with Crippen LogP contribution >= 0.6 is 0 Å². The summed E-state index contributed by atoms with van der Waals surface area (Å²) in [5, 5.41) is 8.83. The zero-order valence-electron chi connectivity index (χ0n) is 9.54. The fraction of sp³-hybridized carbons (Fsp3) is 0.500. The largest absolute Gasteiger partial charge is 0.366 e. The lowest BCUT2D eigenvalue weighted by Crippen LogP contribution is -2.40. The Labute approximate surface area is 98.5 Å². The average Bonchev–Trinajstić information content (AvgIpc) is 2.59. The highest BCUT2D eigenvalue weighted by molar-refractivity contribution is 5.61. The van der Waals surface area contributed by atoms with Crippen LogP contribution in [0.2, 0.25) is 0 Å². The molecule has 1 aliphatic rings. The van der Waals surface area contributed by atoms with Gasteiger partial charge in [-0.05, 0) is 51.0 Å². The number of anilines is 1. The number of fused-ring (bicyclic) bond motifs is 1. The van der Waals surface area contributed by atoms with Crippen LogP contribution in [0, 0.1) is 11.3 Å². The van der Waals surface area contributed by atoms with E-state index in [0.717, 1.165) is 18.5 Å². The van der Waals surface area contributed by atoms with Gasteiger partial charge in [0.2, 0.25) is 0 Å². The molecule has 0 aromatic heterocycles. The Kier molecular flexibility index (Phi) is 3.28. The highest BCUT2D eigenvalue weighted by Crippen LogP contribution is 2.33. The molecule has 0 unspecified atom stereocenters. The molecule has 1 aromatic rings.